The van der Waals surface area contributed by atoms with Crippen LogP contribution in [0.25, 0.3) is 0 Å². The van der Waals surface area contributed by atoms with Gasteiger partial charge in [-0.15, -0.1) is 11.3 Å². The fourth-order valence-corrected chi connectivity index (χ4v) is 2.06. The Morgan fingerprint density at radius 2 is 2.00 bits per heavy atom. The predicted molar refractivity (Wildman–Crippen MR) is 78.8 cm³/mol. The molecule has 0 aliphatic heterocycles. The number of carbonyl (C=O) groups is 2. The van der Waals surface area contributed by atoms with E-state index in [0.29, 0.717) is 10.4 Å². The lowest BCUT2D eigenvalue weighted by atomic mass is 10.2. The van der Waals surface area contributed by atoms with E-state index >= 15 is 0 Å². The highest BCUT2D eigenvalue weighted by Crippen LogP contribution is 2.07. The number of hydrazone groups is 1. The van der Waals surface area contributed by atoms with Crippen molar-refractivity contribution in [2.45, 2.75) is 0 Å². The third-order valence-electron chi connectivity index (χ3n) is 2.43. The number of hydrogen-bond acceptors (Lipinski definition) is 4. The normalized spacial score (nSPS) is 10.5. The summed E-state index contributed by atoms with van der Waals surface area (Å²) in [6.45, 7) is -0.169. The summed E-state index contributed by atoms with van der Waals surface area (Å²) in [5, 5.41) is 7.97. The van der Waals surface area contributed by atoms with Gasteiger partial charge in [-0.1, -0.05) is 18.2 Å². The standard InChI is InChI=1S/C14H12FN3O2S/c15-11-5-3-10(4-6-11)8-17-18-13(19)9-16-14(20)12-2-1-7-21-12/h1-8H,9H2,(H,16,20)(H,18,19)/b17-8-. The molecule has 7 heteroatoms. The molecular weight excluding hydrogens is 293 g/mol. The average Bonchev–Trinajstić information content (AvgIpc) is 3.01. The van der Waals surface area contributed by atoms with E-state index in [-0.39, 0.29) is 18.3 Å². The van der Waals surface area contributed by atoms with Crippen LogP contribution in [-0.4, -0.2) is 24.6 Å². The van der Waals surface area contributed by atoms with Gasteiger partial charge in [-0.3, -0.25) is 9.59 Å². The molecule has 0 bridgehead atoms. The van der Waals surface area contributed by atoms with Crippen LogP contribution in [0.1, 0.15) is 15.2 Å². The minimum atomic E-state index is -0.446. The van der Waals surface area contributed by atoms with Crippen LogP contribution in [0.2, 0.25) is 0 Å². The van der Waals surface area contributed by atoms with E-state index in [0.717, 1.165) is 0 Å². The minimum absolute atomic E-state index is 0.169. The summed E-state index contributed by atoms with van der Waals surface area (Å²) in [5.74, 6) is -1.09. The molecular formula is C14H12FN3O2S. The quantitative estimate of drug-likeness (QED) is 0.653. The van der Waals surface area contributed by atoms with E-state index in [9.17, 15) is 14.0 Å². The highest BCUT2D eigenvalue weighted by molar-refractivity contribution is 7.12. The van der Waals surface area contributed by atoms with Crippen molar-refractivity contribution in [3.05, 3.63) is 58.0 Å². The molecule has 2 rings (SSSR count). The molecule has 5 nitrogen and oxygen atoms in total. The summed E-state index contributed by atoms with van der Waals surface area (Å²) in [6.07, 6.45) is 1.39. The summed E-state index contributed by atoms with van der Waals surface area (Å²) < 4.78 is 12.7. The molecule has 1 aromatic heterocycles. The Hall–Kier alpha value is -2.54. The molecule has 0 atom stereocenters. The fraction of sp³-hybridized carbons (Fsp3) is 0.0714. The van der Waals surface area contributed by atoms with E-state index in [1.54, 1.807) is 17.5 Å². The van der Waals surface area contributed by atoms with Crippen LogP contribution in [-0.2, 0) is 4.79 Å². The fourth-order valence-electron chi connectivity index (χ4n) is 1.42. The molecule has 2 aromatic rings. The zero-order chi connectivity index (χ0) is 15.1. The topological polar surface area (TPSA) is 70.6 Å². The van der Waals surface area contributed by atoms with E-state index in [1.165, 1.54) is 41.8 Å². The molecule has 0 aliphatic carbocycles. The monoisotopic (exact) mass is 305 g/mol. The molecule has 0 unspecified atom stereocenters. The summed E-state index contributed by atoms with van der Waals surface area (Å²) >= 11 is 1.29. The van der Waals surface area contributed by atoms with Crippen molar-refractivity contribution < 1.29 is 14.0 Å². The predicted octanol–water partition coefficient (Wildman–Crippen LogP) is 1.77. The largest absolute Gasteiger partial charge is 0.342 e. The van der Waals surface area contributed by atoms with Gasteiger partial charge in [0.25, 0.3) is 11.8 Å². The number of nitrogens with zero attached hydrogens (tertiary/aromatic N) is 1. The van der Waals surface area contributed by atoms with Crippen LogP contribution < -0.4 is 10.7 Å². The van der Waals surface area contributed by atoms with Gasteiger partial charge in [-0.2, -0.15) is 5.10 Å². The Morgan fingerprint density at radius 3 is 2.67 bits per heavy atom. The Balaban J connectivity index is 1.74. The van der Waals surface area contributed by atoms with Crippen molar-refractivity contribution in [1.82, 2.24) is 10.7 Å². The van der Waals surface area contributed by atoms with Crippen LogP contribution in [0.4, 0.5) is 4.39 Å². The molecule has 0 saturated heterocycles. The van der Waals surface area contributed by atoms with Crippen molar-refractivity contribution in [3.63, 3.8) is 0 Å². The molecule has 108 valence electrons. The number of rotatable bonds is 5. The average molecular weight is 305 g/mol. The molecule has 1 aromatic carbocycles. The van der Waals surface area contributed by atoms with Crippen LogP contribution in [0.3, 0.4) is 0 Å². The zero-order valence-corrected chi connectivity index (χ0v) is 11.7. The number of nitrogens with one attached hydrogen (secondary N) is 2. The van der Waals surface area contributed by atoms with Crippen LogP contribution in [0, 0.1) is 5.82 Å². The molecule has 1 heterocycles. The van der Waals surface area contributed by atoms with E-state index in [1.807, 2.05) is 0 Å². The van der Waals surface area contributed by atoms with E-state index in [4.69, 9.17) is 0 Å². The molecule has 0 radical (unpaired) electrons. The third kappa shape index (κ3) is 4.81. The van der Waals surface area contributed by atoms with Crippen LogP contribution in [0.5, 0.6) is 0 Å². The van der Waals surface area contributed by atoms with Gasteiger partial charge in [-0.25, -0.2) is 9.82 Å². The first kappa shape index (κ1) is 14.9. The summed E-state index contributed by atoms with van der Waals surface area (Å²) in [6, 6.07) is 9.08. The Morgan fingerprint density at radius 1 is 1.24 bits per heavy atom. The lowest BCUT2D eigenvalue weighted by Gasteiger charge is -2.02. The lowest BCUT2D eigenvalue weighted by Crippen LogP contribution is -2.34. The van der Waals surface area contributed by atoms with Crippen LogP contribution in [0.15, 0.2) is 46.9 Å². The molecule has 2 N–H and O–H groups in total. The van der Waals surface area contributed by atoms with Gasteiger partial charge in [0.15, 0.2) is 0 Å². The van der Waals surface area contributed by atoms with Crippen molar-refractivity contribution >= 4 is 29.4 Å². The summed E-state index contributed by atoms with van der Waals surface area (Å²) in [4.78, 5) is 23.6. The Kier molecular flexibility index (Phi) is 5.16. The van der Waals surface area contributed by atoms with Gasteiger partial charge >= 0.3 is 0 Å². The van der Waals surface area contributed by atoms with E-state index in [2.05, 4.69) is 15.8 Å². The zero-order valence-electron chi connectivity index (χ0n) is 10.9. The summed E-state index contributed by atoms with van der Waals surface area (Å²) in [5.41, 5.74) is 2.92. The maximum Gasteiger partial charge on any atom is 0.261 e. The maximum atomic E-state index is 12.7. The van der Waals surface area contributed by atoms with Crippen molar-refractivity contribution in [3.8, 4) is 0 Å². The second-order valence-electron chi connectivity index (χ2n) is 4.00. The molecule has 0 spiro atoms. The Bertz CT molecular complexity index is 639. The first-order valence-electron chi connectivity index (χ1n) is 6.04. The van der Waals surface area contributed by atoms with Crippen molar-refractivity contribution in [1.29, 1.82) is 0 Å². The number of amides is 2. The molecule has 0 aliphatic rings. The second-order valence-corrected chi connectivity index (χ2v) is 4.95. The highest BCUT2D eigenvalue weighted by atomic mass is 32.1. The van der Waals surface area contributed by atoms with Gasteiger partial charge in [-0.05, 0) is 29.1 Å². The van der Waals surface area contributed by atoms with Crippen molar-refractivity contribution in [2.75, 3.05) is 6.54 Å². The minimum Gasteiger partial charge on any atom is -0.342 e. The number of halogens is 1. The first-order chi connectivity index (χ1) is 10.1. The SMILES string of the molecule is O=C(CNC(=O)c1cccs1)N/N=C\c1ccc(F)cc1. The van der Waals surface area contributed by atoms with Gasteiger partial charge < -0.3 is 5.32 Å². The first-order valence-corrected chi connectivity index (χ1v) is 6.92. The van der Waals surface area contributed by atoms with Gasteiger partial charge in [0, 0.05) is 0 Å². The van der Waals surface area contributed by atoms with Crippen LogP contribution >= 0.6 is 11.3 Å². The second kappa shape index (κ2) is 7.30. The molecule has 0 fully saturated rings. The molecule has 0 saturated carbocycles. The third-order valence-corrected chi connectivity index (χ3v) is 3.30. The number of hydrogen-bond donors (Lipinski definition) is 2. The number of benzene rings is 1. The smallest absolute Gasteiger partial charge is 0.261 e. The summed E-state index contributed by atoms with van der Waals surface area (Å²) in [7, 11) is 0. The number of thiophene rings is 1. The van der Waals surface area contributed by atoms with Crippen molar-refractivity contribution in [2.24, 2.45) is 5.10 Å². The highest BCUT2D eigenvalue weighted by Gasteiger charge is 2.07. The van der Waals surface area contributed by atoms with Gasteiger partial charge in [0.1, 0.15) is 5.82 Å². The Labute approximate surface area is 124 Å². The van der Waals surface area contributed by atoms with E-state index < -0.39 is 5.91 Å². The van der Waals surface area contributed by atoms with Gasteiger partial charge in [0.2, 0.25) is 0 Å². The molecule has 21 heavy (non-hydrogen) atoms. The molecule has 2 amide bonds. The number of carbonyl (C=O) groups excluding carboxylic acids is 2. The van der Waals surface area contributed by atoms with Gasteiger partial charge in [0.05, 0.1) is 17.6 Å². The maximum absolute atomic E-state index is 12.7. The lowest BCUT2D eigenvalue weighted by molar-refractivity contribution is -0.120.